The molecule has 0 aromatic heterocycles. The minimum Gasteiger partial charge on any atom is -0.492 e. The lowest BCUT2D eigenvalue weighted by atomic mass is 10.0. The molecular formula is C27H29N3O3. The Morgan fingerprint density at radius 2 is 1.36 bits per heavy atom. The second kappa shape index (κ2) is 11.4. The van der Waals surface area contributed by atoms with E-state index < -0.39 is 0 Å². The summed E-state index contributed by atoms with van der Waals surface area (Å²) in [7, 11) is 0. The molecule has 0 unspecified atom stereocenters. The number of amides is 1. The maximum atomic E-state index is 12.9. The molecule has 0 aliphatic carbocycles. The topological polar surface area (TPSA) is 61.9 Å². The summed E-state index contributed by atoms with van der Waals surface area (Å²) in [5.41, 5.74) is 1.65. The lowest BCUT2D eigenvalue weighted by Gasteiger charge is -2.34. The van der Waals surface area contributed by atoms with Gasteiger partial charge < -0.3 is 10.1 Å². The van der Waals surface area contributed by atoms with Crippen LogP contribution in [0.1, 0.15) is 15.9 Å². The van der Waals surface area contributed by atoms with E-state index in [0.717, 1.165) is 38.5 Å². The number of para-hydroxylation sites is 2. The van der Waals surface area contributed by atoms with Gasteiger partial charge in [-0.15, -0.1) is 0 Å². The summed E-state index contributed by atoms with van der Waals surface area (Å²) in [6.07, 6.45) is 0. The second-order valence-electron chi connectivity index (χ2n) is 8.07. The van der Waals surface area contributed by atoms with E-state index in [1.54, 1.807) is 24.3 Å². The van der Waals surface area contributed by atoms with Crippen LogP contribution < -0.4 is 10.1 Å². The molecule has 170 valence electrons. The molecule has 3 aromatic rings. The van der Waals surface area contributed by atoms with Gasteiger partial charge in [-0.1, -0.05) is 60.7 Å². The SMILES string of the molecule is O=C(CN1CCN(CCOc2ccccc2)CC1)Nc1ccccc1C(=O)c1ccccc1. The Kier molecular flexibility index (Phi) is 7.85. The van der Waals surface area contributed by atoms with Gasteiger partial charge in [0.15, 0.2) is 5.78 Å². The molecule has 1 amide bonds. The van der Waals surface area contributed by atoms with Crippen LogP contribution in [-0.4, -0.2) is 67.4 Å². The van der Waals surface area contributed by atoms with Crippen molar-refractivity contribution in [1.82, 2.24) is 9.80 Å². The van der Waals surface area contributed by atoms with Crippen LogP contribution in [0.5, 0.6) is 5.75 Å². The van der Waals surface area contributed by atoms with Crippen LogP contribution in [-0.2, 0) is 4.79 Å². The van der Waals surface area contributed by atoms with E-state index in [2.05, 4.69) is 15.1 Å². The lowest BCUT2D eigenvalue weighted by Crippen LogP contribution is -2.49. The molecule has 6 nitrogen and oxygen atoms in total. The van der Waals surface area contributed by atoms with Crippen molar-refractivity contribution in [2.45, 2.75) is 0 Å². The molecule has 6 heteroatoms. The van der Waals surface area contributed by atoms with E-state index in [9.17, 15) is 9.59 Å². The number of hydrogen-bond acceptors (Lipinski definition) is 5. The zero-order valence-electron chi connectivity index (χ0n) is 18.7. The first-order valence-corrected chi connectivity index (χ1v) is 11.3. The fraction of sp³-hybridized carbons (Fsp3) is 0.259. The molecule has 0 atom stereocenters. The fourth-order valence-corrected chi connectivity index (χ4v) is 3.91. The fourth-order valence-electron chi connectivity index (χ4n) is 3.91. The van der Waals surface area contributed by atoms with Crippen LogP contribution in [0.25, 0.3) is 0 Å². The molecule has 1 N–H and O–H groups in total. The van der Waals surface area contributed by atoms with Gasteiger partial charge in [0.25, 0.3) is 0 Å². The largest absolute Gasteiger partial charge is 0.492 e. The van der Waals surface area contributed by atoms with Crippen molar-refractivity contribution < 1.29 is 14.3 Å². The van der Waals surface area contributed by atoms with Gasteiger partial charge in [-0.3, -0.25) is 19.4 Å². The quantitative estimate of drug-likeness (QED) is 0.513. The van der Waals surface area contributed by atoms with E-state index in [1.807, 2.05) is 60.7 Å². The first kappa shape index (κ1) is 22.7. The molecule has 1 fully saturated rings. The summed E-state index contributed by atoms with van der Waals surface area (Å²) in [5.74, 6) is 0.681. The highest BCUT2D eigenvalue weighted by Crippen LogP contribution is 2.19. The van der Waals surface area contributed by atoms with Crippen molar-refractivity contribution in [2.75, 3.05) is 51.2 Å². The van der Waals surface area contributed by atoms with E-state index in [1.165, 1.54) is 0 Å². The predicted molar refractivity (Wildman–Crippen MR) is 130 cm³/mol. The third-order valence-electron chi connectivity index (χ3n) is 5.73. The van der Waals surface area contributed by atoms with Crippen molar-refractivity contribution in [3.05, 3.63) is 96.1 Å². The highest BCUT2D eigenvalue weighted by atomic mass is 16.5. The highest BCUT2D eigenvalue weighted by molar-refractivity contribution is 6.13. The number of rotatable bonds is 9. The average molecular weight is 444 g/mol. The Labute approximate surface area is 194 Å². The number of nitrogens with zero attached hydrogens (tertiary/aromatic N) is 2. The zero-order chi connectivity index (χ0) is 22.9. The maximum absolute atomic E-state index is 12.9. The third-order valence-corrected chi connectivity index (χ3v) is 5.73. The van der Waals surface area contributed by atoms with Gasteiger partial charge in [0.05, 0.1) is 12.2 Å². The van der Waals surface area contributed by atoms with Crippen molar-refractivity contribution in [1.29, 1.82) is 0 Å². The molecular weight excluding hydrogens is 414 g/mol. The number of ketones is 1. The van der Waals surface area contributed by atoms with Crippen molar-refractivity contribution >= 4 is 17.4 Å². The summed E-state index contributed by atoms with van der Waals surface area (Å²) in [5, 5.41) is 2.94. The van der Waals surface area contributed by atoms with Crippen molar-refractivity contribution in [3.63, 3.8) is 0 Å². The number of ether oxygens (including phenoxy) is 1. The Balaban J connectivity index is 1.24. The molecule has 3 aromatic carbocycles. The number of piperazine rings is 1. The van der Waals surface area contributed by atoms with Gasteiger partial charge in [0.2, 0.25) is 5.91 Å². The Hall–Kier alpha value is -3.48. The molecule has 1 aliphatic heterocycles. The summed E-state index contributed by atoms with van der Waals surface area (Å²) >= 11 is 0. The molecule has 0 bridgehead atoms. The smallest absolute Gasteiger partial charge is 0.238 e. The summed E-state index contributed by atoms with van der Waals surface area (Å²) in [6.45, 7) is 5.26. The van der Waals surface area contributed by atoms with Crippen LogP contribution in [0.2, 0.25) is 0 Å². The molecule has 0 radical (unpaired) electrons. The molecule has 33 heavy (non-hydrogen) atoms. The monoisotopic (exact) mass is 443 g/mol. The normalized spacial score (nSPS) is 14.5. The molecule has 1 aliphatic rings. The third kappa shape index (κ3) is 6.51. The summed E-state index contributed by atoms with van der Waals surface area (Å²) < 4.78 is 5.78. The van der Waals surface area contributed by atoms with Gasteiger partial charge in [0.1, 0.15) is 12.4 Å². The zero-order valence-corrected chi connectivity index (χ0v) is 18.7. The number of anilines is 1. The number of carbonyl (C=O) groups is 2. The lowest BCUT2D eigenvalue weighted by molar-refractivity contribution is -0.117. The molecule has 1 saturated heterocycles. The molecule has 4 rings (SSSR count). The second-order valence-corrected chi connectivity index (χ2v) is 8.07. The maximum Gasteiger partial charge on any atom is 0.238 e. The van der Waals surface area contributed by atoms with Gasteiger partial charge in [0, 0.05) is 43.9 Å². The van der Waals surface area contributed by atoms with Gasteiger partial charge in [-0.2, -0.15) is 0 Å². The average Bonchev–Trinajstić information content (AvgIpc) is 2.86. The van der Waals surface area contributed by atoms with E-state index in [0.29, 0.717) is 30.0 Å². The summed E-state index contributed by atoms with van der Waals surface area (Å²) in [4.78, 5) is 30.1. The van der Waals surface area contributed by atoms with Gasteiger partial charge >= 0.3 is 0 Å². The summed E-state index contributed by atoms with van der Waals surface area (Å²) in [6, 6.07) is 26.1. The standard InChI is InChI=1S/C27H29N3O3/c31-26(28-25-14-8-7-13-24(25)27(32)22-9-3-1-4-10-22)21-30-17-15-29(16-18-30)19-20-33-23-11-5-2-6-12-23/h1-14H,15-21H2,(H,28,31). The number of benzene rings is 3. The minimum atomic E-state index is -0.107. The van der Waals surface area contributed by atoms with Crippen LogP contribution >= 0.6 is 0 Å². The highest BCUT2D eigenvalue weighted by Gasteiger charge is 2.20. The van der Waals surface area contributed by atoms with Crippen LogP contribution in [0.3, 0.4) is 0 Å². The van der Waals surface area contributed by atoms with Gasteiger partial charge in [-0.05, 0) is 24.3 Å². The van der Waals surface area contributed by atoms with E-state index >= 15 is 0 Å². The Morgan fingerprint density at radius 1 is 0.758 bits per heavy atom. The van der Waals surface area contributed by atoms with Crippen LogP contribution in [0.15, 0.2) is 84.9 Å². The number of carbonyl (C=O) groups excluding carboxylic acids is 2. The molecule has 0 saturated carbocycles. The van der Waals surface area contributed by atoms with E-state index in [4.69, 9.17) is 4.74 Å². The molecule has 0 spiro atoms. The first-order valence-electron chi connectivity index (χ1n) is 11.3. The van der Waals surface area contributed by atoms with Crippen LogP contribution in [0, 0.1) is 0 Å². The molecule has 1 heterocycles. The predicted octanol–water partition coefficient (Wildman–Crippen LogP) is 3.55. The van der Waals surface area contributed by atoms with E-state index in [-0.39, 0.29) is 11.7 Å². The van der Waals surface area contributed by atoms with Crippen molar-refractivity contribution in [2.24, 2.45) is 0 Å². The Bertz CT molecular complexity index is 1050. The van der Waals surface area contributed by atoms with Crippen LogP contribution in [0.4, 0.5) is 5.69 Å². The first-order chi connectivity index (χ1) is 16.2. The number of nitrogens with one attached hydrogen (secondary N) is 1. The number of hydrogen-bond donors (Lipinski definition) is 1. The van der Waals surface area contributed by atoms with Crippen molar-refractivity contribution in [3.8, 4) is 5.75 Å². The Morgan fingerprint density at radius 3 is 2.09 bits per heavy atom. The van der Waals surface area contributed by atoms with Gasteiger partial charge in [-0.25, -0.2) is 0 Å². The minimum absolute atomic E-state index is 0.0992.